The van der Waals surface area contributed by atoms with Gasteiger partial charge < -0.3 is 19.7 Å². The van der Waals surface area contributed by atoms with Crippen molar-refractivity contribution in [2.45, 2.75) is 25.9 Å². The van der Waals surface area contributed by atoms with Crippen molar-refractivity contribution >= 4 is 5.69 Å². The number of nitrogens with one attached hydrogen (secondary N) is 1. The summed E-state index contributed by atoms with van der Waals surface area (Å²) in [6.07, 6.45) is 2.44. The van der Waals surface area contributed by atoms with E-state index in [4.69, 9.17) is 9.47 Å². The molecule has 0 aromatic heterocycles. The van der Waals surface area contributed by atoms with E-state index >= 15 is 0 Å². The Morgan fingerprint density at radius 1 is 1.30 bits per heavy atom. The first-order chi connectivity index (χ1) is 9.78. The Balaban J connectivity index is 1.90. The van der Waals surface area contributed by atoms with Crippen LogP contribution in [0.15, 0.2) is 12.1 Å². The first-order valence-corrected chi connectivity index (χ1v) is 7.55. The van der Waals surface area contributed by atoms with Gasteiger partial charge in [-0.2, -0.15) is 0 Å². The Morgan fingerprint density at radius 3 is 2.80 bits per heavy atom. The molecule has 2 heterocycles. The second-order valence-electron chi connectivity index (χ2n) is 5.68. The maximum Gasteiger partial charge on any atom is 0.142 e. The van der Waals surface area contributed by atoms with E-state index in [0.29, 0.717) is 0 Å². The number of benzene rings is 1. The third kappa shape index (κ3) is 2.76. The minimum absolute atomic E-state index is 0.237. The Labute approximate surface area is 121 Å². The van der Waals surface area contributed by atoms with Gasteiger partial charge in [0.05, 0.1) is 18.3 Å². The number of methoxy groups -OCH3 is 1. The first kappa shape index (κ1) is 13.7. The molecule has 1 aromatic carbocycles. The van der Waals surface area contributed by atoms with E-state index < -0.39 is 0 Å². The molecule has 0 saturated heterocycles. The highest BCUT2D eigenvalue weighted by molar-refractivity contribution is 5.63. The molecule has 1 aromatic rings. The van der Waals surface area contributed by atoms with Gasteiger partial charge in [0, 0.05) is 13.7 Å². The van der Waals surface area contributed by atoms with Crippen LogP contribution in [0.3, 0.4) is 0 Å². The maximum absolute atomic E-state index is 5.87. The fourth-order valence-electron chi connectivity index (χ4n) is 3.01. The molecule has 2 aliphatic rings. The second-order valence-corrected chi connectivity index (χ2v) is 5.68. The number of hydrogen-bond acceptors (Lipinski definition) is 4. The van der Waals surface area contributed by atoms with Crippen molar-refractivity contribution in [3.8, 4) is 5.75 Å². The largest absolute Gasteiger partial charge is 0.490 e. The smallest absolute Gasteiger partial charge is 0.142 e. The van der Waals surface area contributed by atoms with Crippen molar-refractivity contribution in [2.24, 2.45) is 0 Å². The number of nitrogens with zero attached hydrogens (tertiary/aromatic N) is 1. The van der Waals surface area contributed by atoms with Gasteiger partial charge in [0.1, 0.15) is 12.4 Å². The fraction of sp³-hybridized carbons (Fsp3) is 0.625. The average molecular weight is 276 g/mol. The summed E-state index contributed by atoms with van der Waals surface area (Å²) in [6.45, 7) is 6.88. The lowest BCUT2D eigenvalue weighted by molar-refractivity contribution is 0.121. The van der Waals surface area contributed by atoms with E-state index in [-0.39, 0.29) is 6.10 Å². The molecule has 0 bridgehead atoms. The molecule has 110 valence electrons. The summed E-state index contributed by atoms with van der Waals surface area (Å²) in [4.78, 5) is 2.39. The lowest BCUT2D eigenvalue weighted by atomic mass is 10.0. The first-order valence-electron chi connectivity index (χ1n) is 7.55. The molecule has 2 aliphatic heterocycles. The van der Waals surface area contributed by atoms with Gasteiger partial charge in [0.2, 0.25) is 0 Å². The number of rotatable bonds is 3. The SMILES string of the molecule is CO[C@H](C)CN1CCOc2cc3c(cc21)CCNCC3. The minimum Gasteiger partial charge on any atom is -0.490 e. The minimum atomic E-state index is 0.237. The van der Waals surface area contributed by atoms with Gasteiger partial charge in [-0.25, -0.2) is 0 Å². The molecule has 0 fully saturated rings. The van der Waals surface area contributed by atoms with E-state index in [9.17, 15) is 0 Å². The van der Waals surface area contributed by atoms with Gasteiger partial charge in [0.25, 0.3) is 0 Å². The van der Waals surface area contributed by atoms with Crippen LogP contribution in [0.5, 0.6) is 5.75 Å². The molecular weight excluding hydrogens is 252 g/mol. The van der Waals surface area contributed by atoms with Crippen LogP contribution in [0, 0.1) is 0 Å². The normalized spacial score (nSPS) is 19.6. The molecule has 0 saturated carbocycles. The molecule has 20 heavy (non-hydrogen) atoms. The van der Waals surface area contributed by atoms with E-state index in [2.05, 4.69) is 29.3 Å². The molecule has 4 heteroatoms. The summed E-state index contributed by atoms with van der Waals surface area (Å²) in [5, 5.41) is 3.46. The number of ether oxygens (including phenoxy) is 2. The lowest BCUT2D eigenvalue weighted by Gasteiger charge is -2.33. The molecule has 0 radical (unpaired) electrons. The van der Waals surface area contributed by atoms with Crippen LogP contribution >= 0.6 is 0 Å². The van der Waals surface area contributed by atoms with E-state index in [1.54, 1.807) is 7.11 Å². The highest BCUT2D eigenvalue weighted by atomic mass is 16.5. The molecule has 1 atom stereocenters. The molecule has 3 rings (SSSR count). The summed E-state index contributed by atoms with van der Waals surface area (Å²) >= 11 is 0. The van der Waals surface area contributed by atoms with Crippen LogP contribution in [-0.2, 0) is 17.6 Å². The molecular formula is C16H24N2O2. The summed E-state index contributed by atoms with van der Waals surface area (Å²) < 4.78 is 11.3. The van der Waals surface area contributed by atoms with Crippen LogP contribution < -0.4 is 15.0 Å². The molecule has 1 N–H and O–H groups in total. The van der Waals surface area contributed by atoms with Crippen molar-refractivity contribution in [3.63, 3.8) is 0 Å². The van der Waals surface area contributed by atoms with Gasteiger partial charge in [0.15, 0.2) is 0 Å². The number of hydrogen-bond donors (Lipinski definition) is 1. The van der Waals surface area contributed by atoms with Gasteiger partial charge in [-0.15, -0.1) is 0 Å². The highest BCUT2D eigenvalue weighted by Gasteiger charge is 2.22. The van der Waals surface area contributed by atoms with Crippen molar-refractivity contribution in [3.05, 3.63) is 23.3 Å². The second kappa shape index (κ2) is 6.02. The zero-order valence-corrected chi connectivity index (χ0v) is 12.4. The van der Waals surface area contributed by atoms with Gasteiger partial charge in [-0.05, 0) is 56.1 Å². The maximum atomic E-state index is 5.87. The zero-order chi connectivity index (χ0) is 13.9. The van der Waals surface area contributed by atoms with Crippen LogP contribution in [0.4, 0.5) is 5.69 Å². The Morgan fingerprint density at radius 2 is 2.05 bits per heavy atom. The van der Waals surface area contributed by atoms with Crippen LogP contribution in [0.2, 0.25) is 0 Å². The molecule has 0 unspecified atom stereocenters. The number of anilines is 1. The van der Waals surface area contributed by atoms with Gasteiger partial charge in [-0.3, -0.25) is 0 Å². The topological polar surface area (TPSA) is 33.7 Å². The molecule has 0 spiro atoms. The summed E-state index contributed by atoms with van der Waals surface area (Å²) in [5.41, 5.74) is 4.14. The third-order valence-electron chi connectivity index (χ3n) is 4.26. The summed E-state index contributed by atoms with van der Waals surface area (Å²) in [5.74, 6) is 1.04. The molecule has 0 amide bonds. The quantitative estimate of drug-likeness (QED) is 0.909. The Hall–Kier alpha value is -1.26. The third-order valence-corrected chi connectivity index (χ3v) is 4.26. The fourth-order valence-corrected chi connectivity index (χ4v) is 3.01. The standard InChI is InChI=1S/C16H24N2O2/c1-12(19-2)11-18-7-8-20-16-10-14-4-6-17-5-3-13(14)9-15(16)18/h9-10,12,17H,3-8,11H2,1-2H3/t12-/m1/s1. The lowest BCUT2D eigenvalue weighted by Crippen LogP contribution is -2.38. The highest BCUT2D eigenvalue weighted by Crippen LogP contribution is 2.35. The predicted octanol–water partition coefficient (Wildman–Crippen LogP) is 1.61. The van der Waals surface area contributed by atoms with Crippen molar-refractivity contribution in [2.75, 3.05) is 44.8 Å². The summed E-state index contributed by atoms with van der Waals surface area (Å²) in [7, 11) is 1.77. The van der Waals surface area contributed by atoms with E-state index in [1.807, 2.05) is 0 Å². The van der Waals surface area contributed by atoms with E-state index in [0.717, 1.165) is 51.4 Å². The van der Waals surface area contributed by atoms with Crippen molar-refractivity contribution < 1.29 is 9.47 Å². The van der Waals surface area contributed by atoms with Crippen molar-refractivity contribution in [1.82, 2.24) is 5.32 Å². The van der Waals surface area contributed by atoms with Crippen molar-refractivity contribution in [1.29, 1.82) is 0 Å². The van der Waals surface area contributed by atoms with Crippen LogP contribution in [0.1, 0.15) is 18.1 Å². The monoisotopic (exact) mass is 276 g/mol. The zero-order valence-electron chi connectivity index (χ0n) is 12.4. The number of fused-ring (bicyclic) bond motifs is 2. The van der Waals surface area contributed by atoms with E-state index in [1.165, 1.54) is 16.8 Å². The average Bonchev–Trinajstić information content (AvgIpc) is 2.70. The Bertz CT molecular complexity index is 476. The Kier molecular flexibility index (Phi) is 4.13. The molecule has 0 aliphatic carbocycles. The van der Waals surface area contributed by atoms with Gasteiger partial charge in [-0.1, -0.05) is 0 Å². The predicted molar refractivity (Wildman–Crippen MR) is 80.9 cm³/mol. The molecule has 4 nitrogen and oxygen atoms in total. The van der Waals surface area contributed by atoms with Crippen LogP contribution in [-0.4, -0.2) is 46.0 Å². The summed E-state index contributed by atoms with van der Waals surface area (Å²) in [6, 6.07) is 4.58. The van der Waals surface area contributed by atoms with Gasteiger partial charge >= 0.3 is 0 Å². The van der Waals surface area contributed by atoms with Crippen LogP contribution in [0.25, 0.3) is 0 Å².